The molecule has 0 saturated carbocycles. The number of hydrogen-bond donors (Lipinski definition) is 5. The molecule has 1 rings (SSSR count). The topological polar surface area (TPSA) is 194 Å². The van der Waals surface area contributed by atoms with Crippen molar-refractivity contribution in [3.63, 3.8) is 0 Å². The summed E-state index contributed by atoms with van der Waals surface area (Å²) in [6.07, 6.45) is 4.17. The highest BCUT2D eigenvalue weighted by Gasteiger charge is 2.22. The SMILES string of the molecule is O=C(O)CN(CCN[C@@H](CCCCNC(=O)CCCN1C(=O)C=CC1=O)C(=O)O)CC(=O)O. The number of nitrogens with one attached hydrogen (secondary N) is 2. The second-order valence-corrected chi connectivity index (χ2v) is 7.45. The molecule has 0 radical (unpaired) electrons. The first kappa shape index (κ1) is 27.7. The minimum Gasteiger partial charge on any atom is -0.480 e. The van der Waals surface area contributed by atoms with Crippen LogP contribution in [0.5, 0.6) is 0 Å². The summed E-state index contributed by atoms with van der Waals surface area (Å²) < 4.78 is 0. The number of carbonyl (C=O) groups is 6. The average molecular weight is 470 g/mol. The van der Waals surface area contributed by atoms with Gasteiger partial charge in [-0.2, -0.15) is 0 Å². The lowest BCUT2D eigenvalue weighted by atomic mass is 10.1. The molecule has 184 valence electrons. The van der Waals surface area contributed by atoms with E-state index in [0.29, 0.717) is 25.8 Å². The van der Waals surface area contributed by atoms with Crippen LogP contribution in [-0.2, 0) is 28.8 Å². The Labute approximate surface area is 190 Å². The Kier molecular flexibility index (Phi) is 12.3. The zero-order valence-corrected chi connectivity index (χ0v) is 18.2. The van der Waals surface area contributed by atoms with Gasteiger partial charge in [0.05, 0.1) is 13.1 Å². The lowest BCUT2D eigenvalue weighted by molar-refractivity contribution is -0.143. The van der Waals surface area contributed by atoms with Gasteiger partial charge in [-0.05, 0) is 25.7 Å². The first-order valence-corrected chi connectivity index (χ1v) is 10.5. The molecule has 0 saturated heterocycles. The van der Waals surface area contributed by atoms with Crippen LogP contribution >= 0.6 is 0 Å². The number of aliphatic carboxylic acids is 3. The molecule has 33 heavy (non-hydrogen) atoms. The fourth-order valence-corrected chi connectivity index (χ4v) is 3.15. The van der Waals surface area contributed by atoms with Crippen LogP contribution in [0.1, 0.15) is 32.1 Å². The standard InChI is InChI=1S/C20H30N4O9/c25-15(5-3-10-24-16(26)6-7-17(24)27)22-8-2-1-4-14(20(32)33)21-9-11-23(12-18(28)29)13-19(30)31/h6-7,14,21H,1-5,8-13H2,(H,22,25)(H,28,29)(H,30,31)(H,32,33)/t14-/m0/s1. The monoisotopic (exact) mass is 470 g/mol. The molecule has 1 atom stereocenters. The highest BCUT2D eigenvalue weighted by atomic mass is 16.4. The maximum absolute atomic E-state index is 11.8. The molecule has 0 aromatic heterocycles. The number of carboxylic acid groups (broad SMARTS) is 3. The van der Waals surface area contributed by atoms with Crippen LogP contribution in [0.4, 0.5) is 0 Å². The van der Waals surface area contributed by atoms with E-state index in [-0.39, 0.29) is 38.4 Å². The molecular formula is C20H30N4O9. The number of rotatable bonds is 18. The van der Waals surface area contributed by atoms with Crippen molar-refractivity contribution in [2.45, 2.75) is 38.1 Å². The van der Waals surface area contributed by atoms with E-state index < -0.39 is 48.9 Å². The molecule has 0 bridgehead atoms. The zero-order chi connectivity index (χ0) is 24.8. The summed E-state index contributed by atoms with van der Waals surface area (Å²) in [7, 11) is 0. The van der Waals surface area contributed by atoms with Crippen molar-refractivity contribution in [1.29, 1.82) is 0 Å². The van der Waals surface area contributed by atoms with E-state index in [0.717, 1.165) is 4.90 Å². The molecule has 0 spiro atoms. The summed E-state index contributed by atoms with van der Waals surface area (Å²) >= 11 is 0. The van der Waals surface area contributed by atoms with Gasteiger partial charge in [0.15, 0.2) is 0 Å². The third kappa shape index (κ3) is 11.8. The van der Waals surface area contributed by atoms with Crippen LogP contribution in [0.2, 0.25) is 0 Å². The van der Waals surface area contributed by atoms with Crippen molar-refractivity contribution in [2.24, 2.45) is 0 Å². The lowest BCUT2D eigenvalue weighted by Gasteiger charge is -2.20. The molecule has 0 unspecified atom stereocenters. The van der Waals surface area contributed by atoms with Crippen molar-refractivity contribution in [3.8, 4) is 0 Å². The van der Waals surface area contributed by atoms with Crippen LogP contribution in [0.25, 0.3) is 0 Å². The lowest BCUT2D eigenvalue weighted by Crippen LogP contribution is -2.43. The van der Waals surface area contributed by atoms with Gasteiger partial charge in [0.1, 0.15) is 6.04 Å². The second kappa shape index (κ2) is 14.7. The van der Waals surface area contributed by atoms with Crippen LogP contribution in [0.15, 0.2) is 12.2 Å². The van der Waals surface area contributed by atoms with E-state index in [1.54, 1.807) is 0 Å². The Balaban J connectivity index is 2.20. The number of nitrogens with zero attached hydrogens (tertiary/aromatic N) is 2. The van der Waals surface area contributed by atoms with E-state index in [4.69, 9.17) is 10.2 Å². The number of carbonyl (C=O) groups excluding carboxylic acids is 3. The molecule has 13 heteroatoms. The fourth-order valence-electron chi connectivity index (χ4n) is 3.15. The quantitative estimate of drug-likeness (QED) is 0.115. The summed E-state index contributed by atoms with van der Waals surface area (Å²) in [5.74, 6) is -4.45. The summed E-state index contributed by atoms with van der Waals surface area (Å²) in [6.45, 7) is -0.255. The molecule has 1 aliphatic rings. The molecule has 1 aliphatic heterocycles. The van der Waals surface area contributed by atoms with Crippen molar-refractivity contribution in [3.05, 3.63) is 12.2 Å². The van der Waals surface area contributed by atoms with E-state index in [2.05, 4.69) is 10.6 Å². The van der Waals surface area contributed by atoms with E-state index in [1.807, 2.05) is 0 Å². The maximum Gasteiger partial charge on any atom is 0.320 e. The third-order valence-corrected chi connectivity index (χ3v) is 4.76. The van der Waals surface area contributed by atoms with Crippen LogP contribution in [-0.4, -0.2) is 106 Å². The van der Waals surface area contributed by atoms with E-state index >= 15 is 0 Å². The third-order valence-electron chi connectivity index (χ3n) is 4.76. The minimum absolute atomic E-state index is 0.0587. The molecule has 5 N–H and O–H groups in total. The molecule has 13 nitrogen and oxygen atoms in total. The van der Waals surface area contributed by atoms with Gasteiger partial charge in [0.25, 0.3) is 11.8 Å². The zero-order valence-electron chi connectivity index (χ0n) is 18.2. The van der Waals surface area contributed by atoms with Gasteiger partial charge in [-0.25, -0.2) is 0 Å². The van der Waals surface area contributed by atoms with Crippen LogP contribution in [0.3, 0.4) is 0 Å². The Hall–Kier alpha value is -3.32. The smallest absolute Gasteiger partial charge is 0.320 e. The average Bonchev–Trinajstić information content (AvgIpc) is 3.03. The molecule has 3 amide bonds. The molecule has 1 heterocycles. The normalized spacial score (nSPS) is 14.0. The molecule has 0 fully saturated rings. The van der Waals surface area contributed by atoms with Gasteiger partial charge < -0.3 is 26.0 Å². The van der Waals surface area contributed by atoms with Gasteiger partial charge in [-0.15, -0.1) is 0 Å². The summed E-state index contributed by atoms with van der Waals surface area (Å²) in [4.78, 5) is 69.8. The van der Waals surface area contributed by atoms with E-state index in [9.17, 15) is 33.9 Å². The number of unbranched alkanes of at least 4 members (excludes halogenated alkanes) is 1. The van der Waals surface area contributed by atoms with Gasteiger partial charge in [-0.1, -0.05) is 0 Å². The molecule has 0 aromatic rings. The predicted molar refractivity (Wildman–Crippen MR) is 113 cm³/mol. The summed E-state index contributed by atoms with van der Waals surface area (Å²) in [6, 6.07) is -0.888. The van der Waals surface area contributed by atoms with Gasteiger partial charge in [0.2, 0.25) is 5.91 Å². The van der Waals surface area contributed by atoms with Crippen molar-refractivity contribution >= 4 is 35.6 Å². The minimum atomic E-state index is -1.18. The highest BCUT2D eigenvalue weighted by molar-refractivity contribution is 6.12. The maximum atomic E-state index is 11.8. The van der Waals surface area contributed by atoms with Crippen molar-refractivity contribution < 1.29 is 44.1 Å². The van der Waals surface area contributed by atoms with Crippen molar-refractivity contribution in [2.75, 3.05) is 39.3 Å². The fraction of sp³-hybridized carbons (Fsp3) is 0.600. The molecular weight excluding hydrogens is 440 g/mol. The largest absolute Gasteiger partial charge is 0.480 e. The number of carboxylic acids is 3. The Bertz CT molecular complexity index is 735. The Morgan fingerprint density at radius 1 is 0.909 bits per heavy atom. The molecule has 0 aliphatic carbocycles. The summed E-state index contributed by atoms with van der Waals surface area (Å²) in [5, 5.41) is 32.4. The highest BCUT2D eigenvalue weighted by Crippen LogP contribution is 2.06. The van der Waals surface area contributed by atoms with Gasteiger partial charge in [-0.3, -0.25) is 38.6 Å². The van der Waals surface area contributed by atoms with Crippen LogP contribution in [0, 0.1) is 0 Å². The Morgan fingerprint density at radius 2 is 1.52 bits per heavy atom. The Morgan fingerprint density at radius 3 is 2.06 bits per heavy atom. The predicted octanol–water partition coefficient (Wildman–Crippen LogP) is -1.51. The van der Waals surface area contributed by atoms with Crippen molar-refractivity contribution in [1.82, 2.24) is 20.4 Å². The number of amides is 3. The molecule has 0 aromatic carbocycles. The van der Waals surface area contributed by atoms with Gasteiger partial charge >= 0.3 is 17.9 Å². The second-order valence-electron chi connectivity index (χ2n) is 7.45. The van der Waals surface area contributed by atoms with Crippen LogP contribution < -0.4 is 10.6 Å². The first-order valence-electron chi connectivity index (χ1n) is 10.5. The first-order chi connectivity index (χ1) is 15.6. The number of hydrogen-bond acceptors (Lipinski definition) is 8. The van der Waals surface area contributed by atoms with Gasteiger partial charge in [0, 0.05) is 44.8 Å². The summed E-state index contributed by atoms with van der Waals surface area (Å²) in [5.41, 5.74) is 0. The van der Waals surface area contributed by atoms with E-state index in [1.165, 1.54) is 17.1 Å². The number of imide groups is 1.